The van der Waals surface area contributed by atoms with Crippen LogP contribution in [0.25, 0.3) is 0 Å². The van der Waals surface area contributed by atoms with Gasteiger partial charge in [0.25, 0.3) is 0 Å². The summed E-state index contributed by atoms with van der Waals surface area (Å²) in [6.07, 6.45) is 2.76. The van der Waals surface area contributed by atoms with Crippen molar-refractivity contribution in [3.05, 3.63) is 0 Å². The molecule has 0 aromatic rings. The summed E-state index contributed by atoms with van der Waals surface area (Å²) in [7, 11) is 2.21. The summed E-state index contributed by atoms with van der Waals surface area (Å²) in [6, 6.07) is 0. The van der Waals surface area contributed by atoms with Crippen LogP contribution in [0.15, 0.2) is 0 Å². The minimum atomic E-state index is 0. The summed E-state index contributed by atoms with van der Waals surface area (Å²) in [5.74, 6) is 0.868. The van der Waals surface area contributed by atoms with E-state index in [0.29, 0.717) is 0 Å². The van der Waals surface area contributed by atoms with Crippen molar-refractivity contribution < 1.29 is 0 Å². The van der Waals surface area contributed by atoms with Gasteiger partial charge in [0.2, 0.25) is 0 Å². The van der Waals surface area contributed by atoms with Gasteiger partial charge in [-0.25, -0.2) is 0 Å². The molecular weight excluding hydrogens is 172 g/mol. The topological polar surface area (TPSA) is 6.48 Å². The molecule has 14 heavy (non-hydrogen) atoms. The summed E-state index contributed by atoms with van der Waals surface area (Å²) in [5, 5.41) is 0. The van der Waals surface area contributed by atoms with Gasteiger partial charge in [-0.2, -0.15) is 0 Å². The van der Waals surface area contributed by atoms with Gasteiger partial charge in [0.15, 0.2) is 0 Å². The lowest BCUT2D eigenvalue weighted by atomic mass is 10.1. The lowest BCUT2D eigenvalue weighted by molar-refractivity contribution is 0.151. The van der Waals surface area contributed by atoms with Gasteiger partial charge < -0.3 is 9.80 Å². The Morgan fingerprint density at radius 1 is 1.07 bits per heavy atom. The fourth-order valence-electron chi connectivity index (χ4n) is 1.79. The van der Waals surface area contributed by atoms with E-state index in [2.05, 4.69) is 30.7 Å². The maximum absolute atomic E-state index is 2.60. The van der Waals surface area contributed by atoms with Crippen molar-refractivity contribution in [1.82, 2.24) is 9.80 Å². The molecule has 0 aromatic carbocycles. The van der Waals surface area contributed by atoms with E-state index in [4.69, 9.17) is 0 Å². The van der Waals surface area contributed by atoms with Crippen LogP contribution in [0.1, 0.15) is 34.1 Å². The lowest BCUT2D eigenvalue weighted by Crippen LogP contribution is -2.44. The van der Waals surface area contributed by atoms with Crippen molar-refractivity contribution in [3.8, 4) is 0 Å². The summed E-state index contributed by atoms with van der Waals surface area (Å²) < 4.78 is 0. The molecule has 1 fully saturated rings. The first-order chi connectivity index (χ1) is 6.18. The Kier molecular flexibility index (Phi) is 7.20. The van der Waals surface area contributed by atoms with Crippen molar-refractivity contribution >= 4 is 0 Å². The highest BCUT2D eigenvalue weighted by Crippen LogP contribution is 2.06. The van der Waals surface area contributed by atoms with E-state index in [1.807, 2.05) is 0 Å². The second kappa shape index (κ2) is 7.24. The molecule has 0 bridgehead atoms. The average molecular weight is 200 g/mol. The van der Waals surface area contributed by atoms with Crippen LogP contribution in [0.2, 0.25) is 0 Å². The molecule has 2 nitrogen and oxygen atoms in total. The summed E-state index contributed by atoms with van der Waals surface area (Å²) in [6.45, 7) is 11.0. The highest BCUT2D eigenvalue weighted by molar-refractivity contribution is 4.68. The smallest absolute Gasteiger partial charge is 0.0110 e. The molecule has 86 valence electrons. The molecule has 0 unspecified atom stereocenters. The summed E-state index contributed by atoms with van der Waals surface area (Å²) >= 11 is 0. The normalized spacial score (nSPS) is 19.7. The number of piperazine rings is 1. The zero-order valence-corrected chi connectivity index (χ0v) is 9.42. The Hall–Kier alpha value is -0.0800. The molecule has 1 aliphatic rings. The summed E-state index contributed by atoms with van der Waals surface area (Å²) in [5.41, 5.74) is 0. The molecule has 0 radical (unpaired) electrons. The Morgan fingerprint density at radius 2 is 1.64 bits per heavy atom. The third-order valence-electron chi connectivity index (χ3n) is 2.85. The third kappa shape index (κ3) is 5.61. The van der Waals surface area contributed by atoms with E-state index in [1.165, 1.54) is 45.6 Å². The van der Waals surface area contributed by atoms with Crippen molar-refractivity contribution in [1.29, 1.82) is 0 Å². The number of hydrogen-bond donors (Lipinski definition) is 0. The maximum Gasteiger partial charge on any atom is 0.0110 e. The van der Waals surface area contributed by atoms with Crippen molar-refractivity contribution in [2.45, 2.75) is 34.1 Å². The fraction of sp³-hybridized carbons (Fsp3) is 1.00. The van der Waals surface area contributed by atoms with Crippen molar-refractivity contribution in [2.75, 3.05) is 39.8 Å². The molecule has 1 rings (SSSR count). The molecule has 1 heterocycles. The molecular formula is C12H28N2. The van der Waals surface area contributed by atoms with E-state index >= 15 is 0 Å². The Bertz CT molecular complexity index is 126. The second-order valence-electron chi connectivity index (χ2n) is 4.68. The van der Waals surface area contributed by atoms with Gasteiger partial charge in [0.1, 0.15) is 0 Å². The first-order valence-corrected chi connectivity index (χ1v) is 5.59. The van der Waals surface area contributed by atoms with Crippen LogP contribution in [0.5, 0.6) is 0 Å². The van der Waals surface area contributed by atoms with Gasteiger partial charge in [-0.3, -0.25) is 0 Å². The molecule has 0 spiro atoms. The van der Waals surface area contributed by atoms with Crippen LogP contribution in [0.4, 0.5) is 0 Å². The van der Waals surface area contributed by atoms with Gasteiger partial charge in [0.05, 0.1) is 0 Å². The van der Waals surface area contributed by atoms with Gasteiger partial charge in [-0.05, 0) is 32.4 Å². The molecule has 1 aliphatic heterocycles. The van der Waals surface area contributed by atoms with Crippen LogP contribution < -0.4 is 0 Å². The quantitative estimate of drug-likeness (QED) is 0.687. The van der Waals surface area contributed by atoms with Gasteiger partial charge in [0, 0.05) is 26.2 Å². The van der Waals surface area contributed by atoms with Crippen LogP contribution in [0.3, 0.4) is 0 Å². The SMILES string of the molecule is C.CC(C)CCCN1CCN(C)CC1. The number of likely N-dealkylation sites (N-methyl/N-ethyl adjacent to an activating group) is 1. The predicted molar refractivity (Wildman–Crippen MR) is 64.7 cm³/mol. The molecule has 0 saturated carbocycles. The molecule has 2 heteroatoms. The van der Waals surface area contributed by atoms with E-state index in [9.17, 15) is 0 Å². The number of nitrogens with zero attached hydrogens (tertiary/aromatic N) is 2. The monoisotopic (exact) mass is 200 g/mol. The maximum atomic E-state index is 2.60. The van der Waals surface area contributed by atoms with Crippen LogP contribution in [-0.2, 0) is 0 Å². The van der Waals surface area contributed by atoms with Gasteiger partial charge in [-0.1, -0.05) is 21.3 Å². The highest BCUT2D eigenvalue weighted by atomic mass is 15.2. The van der Waals surface area contributed by atoms with E-state index in [0.717, 1.165) is 5.92 Å². The average Bonchev–Trinajstić information content (AvgIpc) is 2.08. The number of hydrogen-bond acceptors (Lipinski definition) is 2. The Labute approximate surface area is 90.3 Å². The largest absolute Gasteiger partial charge is 0.304 e. The third-order valence-corrected chi connectivity index (χ3v) is 2.85. The molecule has 0 aliphatic carbocycles. The molecule has 0 N–H and O–H groups in total. The van der Waals surface area contributed by atoms with Crippen LogP contribution in [0, 0.1) is 5.92 Å². The van der Waals surface area contributed by atoms with E-state index in [1.54, 1.807) is 0 Å². The molecule has 0 amide bonds. The molecule has 1 saturated heterocycles. The van der Waals surface area contributed by atoms with E-state index < -0.39 is 0 Å². The Morgan fingerprint density at radius 3 is 2.14 bits per heavy atom. The molecule has 0 atom stereocenters. The lowest BCUT2D eigenvalue weighted by Gasteiger charge is -2.32. The summed E-state index contributed by atoms with van der Waals surface area (Å²) in [4.78, 5) is 5.02. The minimum absolute atomic E-state index is 0. The zero-order chi connectivity index (χ0) is 9.68. The molecule has 0 aromatic heterocycles. The minimum Gasteiger partial charge on any atom is -0.304 e. The number of rotatable bonds is 4. The zero-order valence-electron chi connectivity index (χ0n) is 9.42. The van der Waals surface area contributed by atoms with Crippen LogP contribution in [-0.4, -0.2) is 49.6 Å². The van der Waals surface area contributed by atoms with Crippen LogP contribution >= 0.6 is 0 Å². The first-order valence-electron chi connectivity index (χ1n) is 5.59. The second-order valence-corrected chi connectivity index (χ2v) is 4.68. The first kappa shape index (κ1) is 13.9. The fourth-order valence-corrected chi connectivity index (χ4v) is 1.79. The van der Waals surface area contributed by atoms with Gasteiger partial charge >= 0.3 is 0 Å². The van der Waals surface area contributed by atoms with Crippen molar-refractivity contribution in [2.24, 2.45) is 5.92 Å². The standard InChI is InChI=1S/C11H24N2.CH4/c1-11(2)5-4-6-13-9-7-12(3)8-10-13;/h11H,4-10H2,1-3H3;1H4. The Balaban J connectivity index is 0.00000169. The van der Waals surface area contributed by atoms with Gasteiger partial charge in [-0.15, -0.1) is 0 Å². The predicted octanol–water partition coefficient (Wildman–Crippen LogP) is 2.31. The van der Waals surface area contributed by atoms with E-state index in [-0.39, 0.29) is 7.43 Å². The van der Waals surface area contributed by atoms with Crippen molar-refractivity contribution in [3.63, 3.8) is 0 Å². The highest BCUT2D eigenvalue weighted by Gasteiger charge is 2.12.